The first-order valence-corrected chi connectivity index (χ1v) is 10.8. The number of fused-ring (bicyclic) bond motifs is 1. The quantitative estimate of drug-likeness (QED) is 0.655. The highest BCUT2D eigenvalue weighted by atomic mass is 32.1. The molecule has 2 N–H and O–H groups in total. The van der Waals surface area contributed by atoms with Crippen LogP contribution >= 0.6 is 11.3 Å². The monoisotopic (exact) mass is 410 g/mol. The van der Waals surface area contributed by atoms with E-state index in [4.69, 9.17) is 0 Å². The highest BCUT2D eigenvalue weighted by Crippen LogP contribution is 2.34. The summed E-state index contributed by atoms with van der Waals surface area (Å²) in [4.78, 5) is 30.1. The van der Waals surface area contributed by atoms with Crippen molar-refractivity contribution in [1.29, 1.82) is 0 Å². The summed E-state index contributed by atoms with van der Waals surface area (Å²) in [6.45, 7) is 8.20. The molecule has 0 aliphatic heterocycles. The number of rotatable bonds is 4. The molecule has 2 aromatic heterocycles. The van der Waals surface area contributed by atoms with E-state index in [1.54, 1.807) is 12.1 Å². The Kier molecular flexibility index (Phi) is 4.94. The zero-order chi connectivity index (χ0) is 20.8. The predicted molar refractivity (Wildman–Crippen MR) is 117 cm³/mol. The Morgan fingerprint density at radius 3 is 2.41 bits per heavy atom. The van der Waals surface area contributed by atoms with Gasteiger partial charge in [-0.1, -0.05) is 29.0 Å². The summed E-state index contributed by atoms with van der Waals surface area (Å²) in [7, 11) is 0. The number of nitrogens with zero attached hydrogens (tertiary/aromatic N) is 2. The molecule has 0 bridgehead atoms. The standard InChI is InChI=1S/C22H26N4O2S/c1-13-8-10-14(11-9-13)19(27)25-21-24-18-17(29-21)16(12-26(18)22(2,3)4)20(28)23-15-6-5-7-15/h8-12,15H,5-7H2,1-4H3,(H,23,28)(H,24,25,27). The van der Waals surface area contributed by atoms with Gasteiger partial charge in [0.05, 0.1) is 10.3 Å². The van der Waals surface area contributed by atoms with Gasteiger partial charge >= 0.3 is 0 Å². The van der Waals surface area contributed by atoms with Gasteiger partial charge in [-0.3, -0.25) is 14.9 Å². The second kappa shape index (κ2) is 7.30. The van der Waals surface area contributed by atoms with Crippen LogP contribution in [-0.4, -0.2) is 27.4 Å². The van der Waals surface area contributed by atoms with Gasteiger partial charge in [0, 0.05) is 23.3 Å². The van der Waals surface area contributed by atoms with Gasteiger partial charge in [-0.05, 0) is 59.1 Å². The Morgan fingerprint density at radius 1 is 1.14 bits per heavy atom. The van der Waals surface area contributed by atoms with Crippen molar-refractivity contribution in [2.24, 2.45) is 0 Å². The van der Waals surface area contributed by atoms with E-state index in [0.717, 1.165) is 28.8 Å². The van der Waals surface area contributed by atoms with Crippen molar-refractivity contribution in [3.63, 3.8) is 0 Å². The number of amides is 2. The number of benzene rings is 1. The van der Waals surface area contributed by atoms with E-state index in [-0.39, 0.29) is 23.4 Å². The molecule has 6 nitrogen and oxygen atoms in total. The SMILES string of the molecule is Cc1ccc(C(=O)Nc2nc3c(s2)c(C(=O)NC2CCC2)cn3C(C)(C)C)cc1. The third-order valence-electron chi connectivity index (χ3n) is 5.28. The number of hydrogen-bond acceptors (Lipinski definition) is 4. The van der Waals surface area contributed by atoms with E-state index < -0.39 is 0 Å². The van der Waals surface area contributed by atoms with Gasteiger partial charge in [-0.25, -0.2) is 4.98 Å². The maximum absolute atomic E-state index is 12.9. The van der Waals surface area contributed by atoms with Gasteiger partial charge in [0.2, 0.25) is 0 Å². The summed E-state index contributed by atoms with van der Waals surface area (Å²) in [6, 6.07) is 7.67. The van der Waals surface area contributed by atoms with E-state index >= 15 is 0 Å². The summed E-state index contributed by atoms with van der Waals surface area (Å²) < 4.78 is 2.81. The minimum absolute atomic E-state index is 0.0669. The van der Waals surface area contributed by atoms with Crippen molar-refractivity contribution < 1.29 is 9.59 Å². The van der Waals surface area contributed by atoms with Gasteiger partial charge in [0.25, 0.3) is 11.8 Å². The first kappa shape index (κ1) is 19.6. The molecule has 0 radical (unpaired) electrons. The van der Waals surface area contributed by atoms with Gasteiger partial charge in [0.15, 0.2) is 10.8 Å². The van der Waals surface area contributed by atoms with Crippen LogP contribution in [0.4, 0.5) is 5.13 Å². The average Bonchev–Trinajstić information content (AvgIpc) is 3.16. The van der Waals surface area contributed by atoms with Crippen LogP contribution in [0.2, 0.25) is 0 Å². The fraction of sp³-hybridized carbons (Fsp3) is 0.409. The Bertz CT molecular complexity index is 1070. The highest BCUT2D eigenvalue weighted by molar-refractivity contribution is 7.22. The van der Waals surface area contributed by atoms with Crippen molar-refractivity contribution in [2.75, 3.05) is 5.32 Å². The van der Waals surface area contributed by atoms with Crippen molar-refractivity contribution in [2.45, 2.75) is 58.5 Å². The van der Waals surface area contributed by atoms with Crippen LogP contribution < -0.4 is 10.6 Å². The fourth-order valence-electron chi connectivity index (χ4n) is 3.32. The Morgan fingerprint density at radius 2 is 1.83 bits per heavy atom. The lowest BCUT2D eigenvalue weighted by atomic mass is 9.93. The average molecular weight is 411 g/mol. The molecule has 152 valence electrons. The number of anilines is 1. The zero-order valence-electron chi connectivity index (χ0n) is 17.2. The lowest BCUT2D eigenvalue weighted by Crippen LogP contribution is -2.39. The summed E-state index contributed by atoms with van der Waals surface area (Å²) >= 11 is 1.34. The number of carbonyl (C=O) groups is 2. The summed E-state index contributed by atoms with van der Waals surface area (Å²) in [5.41, 5.74) is 2.79. The molecule has 7 heteroatoms. The van der Waals surface area contributed by atoms with Crippen molar-refractivity contribution >= 4 is 38.6 Å². The summed E-state index contributed by atoms with van der Waals surface area (Å²) in [6.07, 6.45) is 5.12. The number of aromatic nitrogens is 2. The Labute approximate surface area is 174 Å². The molecule has 1 fully saturated rings. The molecule has 0 unspecified atom stereocenters. The Balaban J connectivity index is 1.66. The normalized spacial score (nSPS) is 14.6. The molecule has 1 aromatic carbocycles. The molecule has 0 atom stereocenters. The lowest BCUT2D eigenvalue weighted by Gasteiger charge is -2.26. The summed E-state index contributed by atoms with van der Waals surface area (Å²) in [5.74, 6) is -0.271. The van der Waals surface area contributed by atoms with E-state index in [9.17, 15) is 9.59 Å². The molecule has 29 heavy (non-hydrogen) atoms. The lowest BCUT2D eigenvalue weighted by molar-refractivity contribution is 0.0918. The molecular weight excluding hydrogens is 384 g/mol. The molecule has 4 rings (SSSR count). The molecule has 3 aromatic rings. The summed E-state index contributed by atoms with van der Waals surface area (Å²) in [5, 5.41) is 6.49. The van der Waals surface area contributed by atoms with Crippen LogP contribution in [0.15, 0.2) is 30.5 Å². The number of hydrogen-bond donors (Lipinski definition) is 2. The predicted octanol–water partition coefficient (Wildman–Crippen LogP) is 4.70. The maximum Gasteiger partial charge on any atom is 0.257 e. The number of thiazole rings is 1. The number of aryl methyl sites for hydroxylation is 1. The van der Waals surface area contributed by atoms with Crippen molar-refractivity contribution in [3.05, 3.63) is 47.2 Å². The smallest absolute Gasteiger partial charge is 0.257 e. The van der Waals surface area contributed by atoms with Crippen molar-refractivity contribution in [1.82, 2.24) is 14.9 Å². The Hall–Kier alpha value is -2.67. The minimum Gasteiger partial charge on any atom is -0.349 e. The minimum atomic E-state index is -0.237. The van der Waals surface area contributed by atoms with Crippen LogP contribution in [-0.2, 0) is 5.54 Å². The molecular formula is C22H26N4O2S. The molecule has 2 amide bonds. The molecule has 0 spiro atoms. The third kappa shape index (κ3) is 3.92. The molecule has 1 aliphatic rings. The molecule has 1 aliphatic carbocycles. The number of carbonyl (C=O) groups excluding carboxylic acids is 2. The van der Waals surface area contributed by atoms with Gasteiger partial charge in [0.1, 0.15) is 0 Å². The zero-order valence-corrected chi connectivity index (χ0v) is 18.0. The fourth-order valence-corrected chi connectivity index (χ4v) is 4.28. The van der Waals surface area contributed by atoms with E-state index in [0.29, 0.717) is 16.3 Å². The first-order valence-electron chi connectivity index (χ1n) is 9.93. The van der Waals surface area contributed by atoms with E-state index in [1.165, 1.54) is 17.8 Å². The highest BCUT2D eigenvalue weighted by Gasteiger charge is 2.27. The molecule has 1 saturated carbocycles. The maximum atomic E-state index is 12.9. The third-order valence-corrected chi connectivity index (χ3v) is 6.28. The van der Waals surface area contributed by atoms with Crippen LogP contribution in [0, 0.1) is 6.92 Å². The van der Waals surface area contributed by atoms with Crippen LogP contribution in [0.3, 0.4) is 0 Å². The van der Waals surface area contributed by atoms with Gasteiger partial charge < -0.3 is 9.88 Å². The van der Waals surface area contributed by atoms with Gasteiger partial charge in [-0.15, -0.1) is 0 Å². The second-order valence-corrected chi connectivity index (χ2v) is 9.68. The first-order chi connectivity index (χ1) is 13.7. The van der Waals surface area contributed by atoms with Crippen LogP contribution in [0.25, 0.3) is 10.3 Å². The van der Waals surface area contributed by atoms with E-state index in [2.05, 4.69) is 36.4 Å². The van der Waals surface area contributed by atoms with Gasteiger partial charge in [-0.2, -0.15) is 0 Å². The van der Waals surface area contributed by atoms with E-state index in [1.807, 2.05) is 29.8 Å². The largest absolute Gasteiger partial charge is 0.349 e. The van der Waals surface area contributed by atoms with Crippen LogP contribution in [0.1, 0.15) is 66.3 Å². The molecule has 0 saturated heterocycles. The van der Waals surface area contributed by atoms with Crippen LogP contribution in [0.5, 0.6) is 0 Å². The molecule has 2 heterocycles. The van der Waals surface area contributed by atoms with Crippen molar-refractivity contribution in [3.8, 4) is 0 Å². The number of nitrogens with one attached hydrogen (secondary N) is 2. The second-order valence-electron chi connectivity index (χ2n) is 8.68. The topological polar surface area (TPSA) is 76.0 Å².